The number of nitrogens with zero attached hydrogens (tertiary/aromatic N) is 2. The van der Waals surface area contributed by atoms with Crippen molar-refractivity contribution in [2.45, 2.75) is 54.7 Å². The Labute approximate surface area is 174 Å². The van der Waals surface area contributed by atoms with Crippen molar-refractivity contribution in [1.29, 1.82) is 0 Å². The largest absolute Gasteiger partial charge is 0.342 e. The van der Waals surface area contributed by atoms with Crippen LogP contribution >= 0.6 is 23.1 Å². The van der Waals surface area contributed by atoms with Gasteiger partial charge in [-0.3, -0.25) is 4.79 Å². The van der Waals surface area contributed by atoms with Gasteiger partial charge in [0.1, 0.15) is 5.01 Å². The number of fused-ring (bicyclic) bond motifs is 4. The summed E-state index contributed by atoms with van der Waals surface area (Å²) >= 11 is 3.66. The number of hydrogen-bond acceptors (Lipinski definition) is 4. The second-order valence-electron chi connectivity index (χ2n) is 8.16. The van der Waals surface area contributed by atoms with Crippen LogP contribution in [-0.4, -0.2) is 28.9 Å². The van der Waals surface area contributed by atoms with Gasteiger partial charge in [-0.1, -0.05) is 25.1 Å². The van der Waals surface area contributed by atoms with E-state index in [0.29, 0.717) is 18.4 Å². The minimum absolute atomic E-state index is 0.0898. The van der Waals surface area contributed by atoms with Gasteiger partial charge in [-0.2, -0.15) is 0 Å². The molecule has 2 aliphatic rings. The molecule has 1 aliphatic heterocycles. The topological polar surface area (TPSA) is 33.2 Å². The number of carbonyl (C=O) groups excluding carboxylic acids is 1. The summed E-state index contributed by atoms with van der Waals surface area (Å²) < 4.78 is 1.26. The summed E-state index contributed by atoms with van der Waals surface area (Å²) in [5.74, 6) is 1.21. The van der Waals surface area contributed by atoms with E-state index >= 15 is 0 Å². The number of piperidine rings is 1. The van der Waals surface area contributed by atoms with Crippen LogP contribution < -0.4 is 0 Å². The van der Waals surface area contributed by atoms with E-state index in [0.717, 1.165) is 30.5 Å². The molecule has 1 fully saturated rings. The fourth-order valence-corrected chi connectivity index (χ4v) is 6.90. The lowest BCUT2D eigenvalue weighted by Crippen LogP contribution is -2.56. The number of amides is 1. The smallest absolute Gasteiger partial charge is 0.222 e. The molecule has 1 aromatic heterocycles. The normalized spacial score (nSPS) is 24.3. The maximum atomic E-state index is 12.2. The predicted molar refractivity (Wildman–Crippen MR) is 117 cm³/mol. The van der Waals surface area contributed by atoms with Gasteiger partial charge in [-0.05, 0) is 54.7 Å². The van der Waals surface area contributed by atoms with Crippen LogP contribution in [0.1, 0.15) is 42.3 Å². The number of benzene rings is 2. The molecule has 1 unspecified atom stereocenters. The fraction of sp³-hybridized carbons (Fsp3) is 0.391. The van der Waals surface area contributed by atoms with Gasteiger partial charge in [0.05, 0.1) is 16.0 Å². The number of aryl methyl sites for hydroxylation is 1. The van der Waals surface area contributed by atoms with Crippen molar-refractivity contribution in [2.75, 3.05) is 7.05 Å². The Kier molecular flexibility index (Phi) is 4.48. The molecule has 0 spiro atoms. The van der Waals surface area contributed by atoms with Crippen molar-refractivity contribution in [3.05, 3.63) is 58.6 Å². The number of rotatable bonds is 3. The lowest BCUT2D eigenvalue weighted by atomic mass is 9.63. The van der Waals surface area contributed by atoms with E-state index in [2.05, 4.69) is 43.3 Å². The number of para-hydroxylation sites is 1. The lowest BCUT2D eigenvalue weighted by Gasteiger charge is -2.50. The van der Waals surface area contributed by atoms with E-state index in [4.69, 9.17) is 4.98 Å². The first-order valence-corrected chi connectivity index (χ1v) is 11.7. The van der Waals surface area contributed by atoms with Gasteiger partial charge in [0.15, 0.2) is 0 Å². The predicted octanol–water partition coefficient (Wildman–Crippen LogP) is 5.41. The van der Waals surface area contributed by atoms with Crippen molar-refractivity contribution < 1.29 is 4.79 Å². The fourth-order valence-electron chi connectivity index (χ4n) is 4.98. The standard InChI is InChI=1S/C23H24N2OS2/c1-23-12-11-22(26)25(2)20(23)10-7-15-13-16(8-9-17(15)23)27-14-21-24-18-5-3-4-6-19(18)28-21/h3-6,8-9,13,20H,7,10-12,14H2,1-2H3/t20?,23-/m1/s1. The maximum absolute atomic E-state index is 12.2. The molecule has 1 saturated heterocycles. The van der Waals surface area contributed by atoms with Crippen LogP contribution in [-0.2, 0) is 22.4 Å². The molecule has 144 valence electrons. The van der Waals surface area contributed by atoms with Crippen LogP contribution in [0.3, 0.4) is 0 Å². The number of likely N-dealkylation sites (tertiary alicyclic amines) is 1. The van der Waals surface area contributed by atoms with E-state index in [1.165, 1.54) is 25.7 Å². The second-order valence-corrected chi connectivity index (χ2v) is 10.3. The van der Waals surface area contributed by atoms with Crippen LogP contribution in [0.5, 0.6) is 0 Å². The zero-order valence-electron chi connectivity index (χ0n) is 16.3. The highest BCUT2D eigenvalue weighted by Gasteiger charge is 2.46. The lowest BCUT2D eigenvalue weighted by molar-refractivity contribution is -0.138. The van der Waals surface area contributed by atoms with Crippen molar-refractivity contribution in [1.82, 2.24) is 9.88 Å². The first-order valence-electron chi connectivity index (χ1n) is 9.91. The van der Waals surface area contributed by atoms with E-state index in [-0.39, 0.29) is 5.41 Å². The van der Waals surface area contributed by atoms with E-state index in [1.54, 1.807) is 11.3 Å². The summed E-state index contributed by atoms with van der Waals surface area (Å²) in [7, 11) is 1.98. The number of hydrogen-bond donors (Lipinski definition) is 0. The Morgan fingerprint density at radius 1 is 1.25 bits per heavy atom. The average molecular weight is 409 g/mol. The molecule has 1 amide bonds. The molecular formula is C23H24N2OS2. The molecule has 2 atom stereocenters. The highest BCUT2D eigenvalue weighted by molar-refractivity contribution is 7.98. The molecule has 0 radical (unpaired) electrons. The molecule has 0 N–H and O–H groups in total. The zero-order valence-corrected chi connectivity index (χ0v) is 17.9. The Bertz CT molecular complexity index is 1030. The maximum Gasteiger partial charge on any atom is 0.222 e. The summed E-state index contributed by atoms with van der Waals surface area (Å²) in [4.78, 5) is 20.2. The quantitative estimate of drug-likeness (QED) is 0.543. The summed E-state index contributed by atoms with van der Waals surface area (Å²) in [5, 5.41) is 1.18. The van der Waals surface area contributed by atoms with Crippen LogP contribution in [0.2, 0.25) is 0 Å². The molecule has 1 aliphatic carbocycles. The number of thiazole rings is 1. The zero-order chi connectivity index (χ0) is 19.3. The van der Waals surface area contributed by atoms with Gasteiger partial charge < -0.3 is 4.90 Å². The molecule has 2 heterocycles. The van der Waals surface area contributed by atoms with Crippen LogP contribution in [0, 0.1) is 0 Å². The van der Waals surface area contributed by atoms with Crippen LogP contribution in [0.4, 0.5) is 0 Å². The molecule has 5 rings (SSSR count). The van der Waals surface area contributed by atoms with Crippen LogP contribution in [0.15, 0.2) is 47.4 Å². The van der Waals surface area contributed by atoms with E-state index in [9.17, 15) is 4.79 Å². The second kappa shape index (κ2) is 6.89. The van der Waals surface area contributed by atoms with Crippen molar-refractivity contribution in [3.8, 4) is 0 Å². The third-order valence-electron chi connectivity index (χ3n) is 6.53. The third kappa shape index (κ3) is 2.96. The summed E-state index contributed by atoms with van der Waals surface area (Å²) in [6, 6.07) is 15.7. The minimum Gasteiger partial charge on any atom is -0.342 e. The Balaban J connectivity index is 1.37. The van der Waals surface area contributed by atoms with Gasteiger partial charge in [0.2, 0.25) is 5.91 Å². The summed E-state index contributed by atoms with van der Waals surface area (Å²) in [6.45, 7) is 2.35. The molecule has 3 aromatic rings. The molecule has 3 nitrogen and oxygen atoms in total. The summed E-state index contributed by atoms with van der Waals surface area (Å²) in [6.07, 6.45) is 3.75. The number of thioether (sulfide) groups is 1. The molecule has 0 bridgehead atoms. The van der Waals surface area contributed by atoms with Crippen molar-refractivity contribution in [3.63, 3.8) is 0 Å². The minimum atomic E-state index is 0.0898. The van der Waals surface area contributed by atoms with E-state index < -0.39 is 0 Å². The van der Waals surface area contributed by atoms with Crippen molar-refractivity contribution in [2.24, 2.45) is 0 Å². The Morgan fingerprint density at radius 2 is 2.11 bits per heavy atom. The van der Waals surface area contributed by atoms with Gasteiger partial charge in [0, 0.05) is 29.8 Å². The van der Waals surface area contributed by atoms with Gasteiger partial charge in [-0.15, -0.1) is 23.1 Å². The highest BCUT2D eigenvalue weighted by atomic mass is 32.2. The van der Waals surface area contributed by atoms with Crippen molar-refractivity contribution >= 4 is 39.2 Å². The monoisotopic (exact) mass is 408 g/mol. The molecule has 0 saturated carbocycles. The number of aromatic nitrogens is 1. The number of likely N-dealkylation sites (N-methyl/N-ethyl adjacent to an activating group) is 1. The van der Waals surface area contributed by atoms with Gasteiger partial charge in [0.25, 0.3) is 0 Å². The molecule has 28 heavy (non-hydrogen) atoms. The SMILES string of the molecule is CN1C(=O)CC[C@]2(C)c3ccc(SCc4nc5ccccc5s4)cc3CCC12. The van der Waals surface area contributed by atoms with Gasteiger partial charge >= 0.3 is 0 Å². The molecular weight excluding hydrogens is 384 g/mol. The molecule has 5 heteroatoms. The van der Waals surface area contributed by atoms with E-state index in [1.807, 2.05) is 29.8 Å². The Morgan fingerprint density at radius 3 is 2.96 bits per heavy atom. The van der Waals surface area contributed by atoms with Crippen LogP contribution in [0.25, 0.3) is 10.2 Å². The van der Waals surface area contributed by atoms with Gasteiger partial charge in [-0.25, -0.2) is 4.98 Å². The Hall–Kier alpha value is -1.85. The third-order valence-corrected chi connectivity index (χ3v) is 8.76. The first-order chi connectivity index (χ1) is 13.5. The highest BCUT2D eigenvalue weighted by Crippen LogP contribution is 2.46. The first kappa shape index (κ1) is 18.2. The number of carbonyl (C=O) groups is 1. The average Bonchev–Trinajstić information content (AvgIpc) is 3.12. The molecule has 2 aromatic carbocycles. The summed E-state index contributed by atoms with van der Waals surface area (Å²) in [5.41, 5.74) is 4.11.